The van der Waals surface area contributed by atoms with Crippen molar-refractivity contribution in [1.29, 1.82) is 0 Å². The highest BCUT2D eigenvalue weighted by Crippen LogP contribution is 2.34. The molecule has 0 radical (unpaired) electrons. The van der Waals surface area contributed by atoms with Gasteiger partial charge in [-0.1, -0.05) is 12.1 Å². The molecular formula is C20H18F3N5O4. The number of hydrogen-bond acceptors (Lipinski definition) is 5. The van der Waals surface area contributed by atoms with E-state index in [0.717, 1.165) is 32.4 Å². The molecule has 3 aromatic rings. The number of amides is 2. The Hall–Kier alpha value is -3.96. The molecule has 168 valence electrons. The van der Waals surface area contributed by atoms with Gasteiger partial charge in [-0.05, 0) is 18.2 Å². The molecule has 0 aliphatic carbocycles. The summed E-state index contributed by atoms with van der Waals surface area (Å²) >= 11 is 0. The first kappa shape index (κ1) is 22.7. The number of nitrogens with one attached hydrogen (secondary N) is 1. The van der Waals surface area contributed by atoms with Gasteiger partial charge in [-0.3, -0.25) is 23.5 Å². The third-order valence-electron chi connectivity index (χ3n) is 4.77. The molecule has 0 fully saturated rings. The van der Waals surface area contributed by atoms with Crippen LogP contribution in [-0.2, 0) is 25.1 Å². The average Bonchev–Trinajstić information content (AvgIpc) is 2.74. The molecule has 0 saturated heterocycles. The summed E-state index contributed by atoms with van der Waals surface area (Å²) in [7, 11) is 3.99. The van der Waals surface area contributed by atoms with Crippen LogP contribution in [0.3, 0.4) is 0 Å². The van der Waals surface area contributed by atoms with E-state index in [9.17, 15) is 32.3 Å². The molecule has 12 heteroatoms. The summed E-state index contributed by atoms with van der Waals surface area (Å²) in [6, 6.07) is 5.73. The lowest BCUT2D eigenvalue weighted by molar-refractivity contribution is -0.137. The predicted molar refractivity (Wildman–Crippen MR) is 109 cm³/mol. The van der Waals surface area contributed by atoms with Crippen LogP contribution in [0.4, 0.5) is 18.9 Å². The highest BCUT2D eigenvalue weighted by molar-refractivity contribution is 6.00. The van der Waals surface area contributed by atoms with Crippen LogP contribution < -0.4 is 16.6 Å². The van der Waals surface area contributed by atoms with Gasteiger partial charge in [0.1, 0.15) is 5.65 Å². The van der Waals surface area contributed by atoms with Gasteiger partial charge in [0.05, 0.1) is 28.7 Å². The van der Waals surface area contributed by atoms with Crippen LogP contribution in [0.25, 0.3) is 11.0 Å². The minimum absolute atomic E-state index is 0.0254. The number of nitrogens with zero attached hydrogens (tertiary/aromatic N) is 4. The maximum atomic E-state index is 13.1. The molecule has 32 heavy (non-hydrogen) atoms. The van der Waals surface area contributed by atoms with Crippen molar-refractivity contribution in [2.75, 3.05) is 18.9 Å². The lowest BCUT2D eigenvalue weighted by atomic mass is 10.1. The molecule has 0 saturated carbocycles. The van der Waals surface area contributed by atoms with Gasteiger partial charge in [-0.15, -0.1) is 0 Å². The molecule has 0 atom stereocenters. The molecule has 0 spiro atoms. The Kier molecular flexibility index (Phi) is 5.88. The van der Waals surface area contributed by atoms with E-state index in [1.54, 1.807) is 0 Å². The van der Waals surface area contributed by atoms with Crippen molar-refractivity contribution >= 4 is 28.5 Å². The highest BCUT2D eigenvalue weighted by Gasteiger charge is 2.33. The van der Waals surface area contributed by atoms with Crippen molar-refractivity contribution in [3.63, 3.8) is 0 Å². The highest BCUT2D eigenvalue weighted by atomic mass is 19.4. The number of rotatable bonds is 4. The molecule has 2 amide bonds. The zero-order chi connectivity index (χ0) is 23.8. The Morgan fingerprint density at radius 1 is 1.12 bits per heavy atom. The number of aromatic nitrogens is 3. The predicted octanol–water partition coefficient (Wildman–Crippen LogP) is 1.36. The number of pyridine rings is 1. The topological polar surface area (TPSA) is 106 Å². The van der Waals surface area contributed by atoms with Gasteiger partial charge in [0.15, 0.2) is 0 Å². The SMILES string of the molecule is CN(CC(=O)Nc1ccccc1C(F)(F)F)C(=O)c1cnc2c(c1)c(=O)n(C)c(=O)n2C. The maximum Gasteiger partial charge on any atom is 0.418 e. The minimum Gasteiger partial charge on any atom is -0.332 e. The number of hydrogen-bond donors (Lipinski definition) is 1. The molecule has 0 aliphatic rings. The molecule has 2 aromatic heterocycles. The Morgan fingerprint density at radius 2 is 1.78 bits per heavy atom. The number of carbonyl (C=O) groups is 2. The summed E-state index contributed by atoms with van der Waals surface area (Å²) in [6.07, 6.45) is -3.51. The van der Waals surface area contributed by atoms with E-state index in [1.165, 1.54) is 39.3 Å². The summed E-state index contributed by atoms with van der Waals surface area (Å²) in [5.41, 5.74) is -2.61. The molecule has 0 bridgehead atoms. The summed E-state index contributed by atoms with van der Waals surface area (Å²) < 4.78 is 41.3. The number of aryl methyl sites for hydroxylation is 1. The monoisotopic (exact) mass is 449 g/mol. The molecule has 0 aliphatic heterocycles. The van der Waals surface area contributed by atoms with E-state index in [-0.39, 0.29) is 16.6 Å². The number of anilines is 1. The molecule has 1 N–H and O–H groups in total. The third kappa shape index (κ3) is 4.24. The van der Waals surface area contributed by atoms with E-state index in [4.69, 9.17) is 0 Å². The normalized spacial score (nSPS) is 11.4. The average molecular weight is 449 g/mol. The van der Waals surface area contributed by atoms with Gasteiger partial charge in [0.2, 0.25) is 5.91 Å². The molecule has 3 rings (SSSR count). The van der Waals surface area contributed by atoms with Crippen LogP contribution in [-0.4, -0.2) is 44.4 Å². The Labute approximate surface area is 178 Å². The number of carbonyl (C=O) groups excluding carboxylic acids is 2. The van der Waals surface area contributed by atoms with E-state index in [0.29, 0.717) is 0 Å². The van der Waals surface area contributed by atoms with Gasteiger partial charge in [0, 0.05) is 27.3 Å². The Morgan fingerprint density at radius 3 is 2.44 bits per heavy atom. The van der Waals surface area contributed by atoms with Crippen LogP contribution in [0.15, 0.2) is 46.1 Å². The van der Waals surface area contributed by atoms with Gasteiger partial charge in [-0.25, -0.2) is 9.78 Å². The fourth-order valence-electron chi connectivity index (χ4n) is 3.12. The second-order valence-corrected chi connectivity index (χ2v) is 7.05. The summed E-state index contributed by atoms with van der Waals surface area (Å²) in [6.45, 7) is -0.547. The van der Waals surface area contributed by atoms with E-state index in [2.05, 4.69) is 10.3 Å². The maximum absolute atomic E-state index is 13.1. The van der Waals surface area contributed by atoms with E-state index in [1.807, 2.05) is 0 Å². The number of halogens is 3. The number of para-hydroxylation sites is 1. The zero-order valence-corrected chi connectivity index (χ0v) is 17.2. The first-order chi connectivity index (χ1) is 14.9. The molecular weight excluding hydrogens is 431 g/mol. The molecule has 9 nitrogen and oxygen atoms in total. The first-order valence-corrected chi connectivity index (χ1v) is 9.19. The Bertz CT molecular complexity index is 1340. The second kappa shape index (κ2) is 8.29. The smallest absolute Gasteiger partial charge is 0.332 e. The summed E-state index contributed by atoms with van der Waals surface area (Å²) in [5.74, 6) is -1.53. The van der Waals surface area contributed by atoms with Crippen molar-refractivity contribution in [3.8, 4) is 0 Å². The quantitative estimate of drug-likeness (QED) is 0.648. The largest absolute Gasteiger partial charge is 0.418 e. The number of alkyl halides is 3. The first-order valence-electron chi connectivity index (χ1n) is 9.19. The van der Waals surface area contributed by atoms with Crippen LogP contribution in [0.1, 0.15) is 15.9 Å². The zero-order valence-electron chi connectivity index (χ0n) is 17.2. The summed E-state index contributed by atoms with van der Waals surface area (Å²) in [5, 5.41) is 2.18. The molecule has 0 unspecified atom stereocenters. The fraction of sp³-hybridized carbons (Fsp3) is 0.250. The lowest BCUT2D eigenvalue weighted by Crippen LogP contribution is -2.38. The van der Waals surface area contributed by atoms with Crippen molar-refractivity contribution in [1.82, 2.24) is 19.0 Å². The molecule has 2 heterocycles. The van der Waals surface area contributed by atoms with Crippen LogP contribution in [0.5, 0.6) is 0 Å². The van der Waals surface area contributed by atoms with E-state index >= 15 is 0 Å². The van der Waals surface area contributed by atoms with Gasteiger partial charge < -0.3 is 10.2 Å². The van der Waals surface area contributed by atoms with Gasteiger partial charge >= 0.3 is 11.9 Å². The van der Waals surface area contributed by atoms with Crippen molar-refractivity contribution in [2.45, 2.75) is 6.18 Å². The van der Waals surface area contributed by atoms with Crippen molar-refractivity contribution in [2.24, 2.45) is 14.1 Å². The summed E-state index contributed by atoms with van der Waals surface area (Å²) in [4.78, 5) is 54.3. The van der Waals surface area contributed by atoms with Crippen LogP contribution in [0.2, 0.25) is 0 Å². The molecule has 1 aromatic carbocycles. The minimum atomic E-state index is -4.66. The van der Waals surface area contributed by atoms with Gasteiger partial charge in [0.25, 0.3) is 11.5 Å². The standard InChI is InChI=1S/C20H18F3N5O4/c1-26(10-15(29)25-14-7-5-4-6-13(14)20(21,22)23)17(30)11-8-12-16(24-9-11)27(2)19(32)28(3)18(12)31/h4-9H,10H2,1-3H3,(H,25,29). The van der Waals surface area contributed by atoms with Crippen LogP contribution >= 0.6 is 0 Å². The number of likely N-dealkylation sites (N-methyl/N-ethyl adjacent to an activating group) is 1. The van der Waals surface area contributed by atoms with Crippen molar-refractivity contribution in [3.05, 3.63) is 68.5 Å². The second-order valence-electron chi connectivity index (χ2n) is 7.05. The van der Waals surface area contributed by atoms with Gasteiger partial charge in [-0.2, -0.15) is 13.2 Å². The van der Waals surface area contributed by atoms with Crippen molar-refractivity contribution < 1.29 is 22.8 Å². The Balaban J connectivity index is 1.82. The van der Waals surface area contributed by atoms with Crippen LogP contribution in [0, 0.1) is 0 Å². The third-order valence-corrected chi connectivity index (χ3v) is 4.77. The number of benzene rings is 1. The number of fused-ring (bicyclic) bond motifs is 1. The lowest BCUT2D eigenvalue weighted by Gasteiger charge is -2.18. The fourth-order valence-corrected chi connectivity index (χ4v) is 3.12. The van der Waals surface area contributed by atoms with E-state index < -0.39 is 47.0 Å².